The number of fused-ring (bicyclic) bond motifs is 1. The number of nitrogens with zero attached hydrogens (tertiary/aromatic N) is 1. The van der Waals surface area contributed by atoms with Crippen LogP contribution in [0.4, 0.5) is 0 Å². The molecule has 21 heavy (non-hydrogen) atoms. The highest BCUT2D eigenvalue weighted by molar-refractivity contribution is 7.19. The summed E-state index contributed by atoms with van der Waals surface area (Å²) in [7, 11) is 0. The summed E-state index contributed by atoms with van der Waals surface area (Å²) in [5.74, 6) is 0.758. The van der Waals surface area contributed by atoms with Crippen molar-refractivity contribution in [2.75, 3.05) is 0 Å². The van der Waals surface area contributed by atoms with Gasteiger partial charge in [0.15, 0.2) is 5.29 Å². The molecule has 0 spiro atoms. The van der Waals surface area contributed by atoms with Gasteiger partial charge < -0.3 is 9.73 Å². The summed E-state index contributed by atoms with van der Waals surface area (Å²) in [6.45, 7) is 0. The molecule has 0 fully saturated rings. The zero-order valence-corrected chi connectivity index (χ0v) is 12.5. The van der Waals surface area contributed by atoms with E-state index in [9.17, 15) is 0 Å². The number of hydrogen-bond acceptors (Lipinski definition) is 4. The predicted octanol–water partition coefficient (Wildman–Crippen LogP) is 4.77. The Hall–Kier alpha value is -2.04. The quantitative estimate of drug-likeness (QED) is 0.691. The van der Waals surface area contributed by atoms with Crippen molar-refractivity contribution in [2.45, 2.75) is 6.04 Å². The maximum atomic E-state index is 6.13. The third kappa shape index (κ3) is 2.37. The lowest BCUT2D eigenvalue weighted by Gasteiger charge is -2.17. The fraction of sp³-hybridized carbons (Fsp3) is 0.0625. The molecule has 5 heteroatoms. The molecule has 4 rings (SSSR count). The highest BCUT2D eigenvalue weighted by atomic mass is 35.5. The van der Waals surface area contributed by atoms with Crippen LogP contribution in [0.25, 0.3) is 15.8 Å². The largest absolute Gasteiger partial charge is 0.463 e. The van der Waals surface area contributed by atoms with Crippen LogP contribution in [0.15, 0.2) is 64.2 Å². The van der Waals surface area contributed by atoms with Crippen molar-refractivity contribution in [1.82, 2.24) is 5.32 Å². The van der Waals surface area contributed by atoms with E-state index in [1.165, 1.54) is 15.0 Å². The van der Waals surface area contributed by atoms with Crippen molar-refractivity contribution >= 4 is 44.0 Å². The summed E-state index contributed by atoms with van der Waals surface area (Å²) >= 11 is 7.87. The molecule has 3 nitrogen and oxygen atoms in total. The Kier molecular flexibility index (Phi) is 3.05. The molecule has 1 aliphatic rings. The van der Waals surface area contributed by atoms with E-state index in [1.54, 1.807) is 17.6 Å². The number of hydrogen-bond donors (Lipinski definition) is 1. The van der Waals surface area contributed by atoms with Gasteiger partial charge in [0.1, 0.15) is 11.8 Å². The Bertz CT molecular complexity index is 815. The summed E-state index contributed by atoms with van der Waals surface area (Å²) in [4.78, 5) is 5.64. The normalized spacial score (nSPS) is 18.2. The number of rotatable bonds is 2. The predicted molar refractivity (Wildman–Crippen MR) is 87.7 cm³/mol. The fourth-order valence-corrected chi connectivity index (χ4v) is 3.65. The van der Waals surface area contributed by atoms with Gasteiger partial charge >= 0.3 is 0 Å². The summed E-state index contributed by atoms with van der Waals surface area (Å²) in [5.41, 5.74) is 0.849. The molecular weight excluding hydrogens is 304 g/mol. The van der Waals surface area contributed by atoms with Gasteiger partial charge in [0.05, 0.1) is 12.0 Å². The van der Waals surface area contributed by atoms with Gasteiger partial charge in [-0.1, -0.05) is 18.2 Å². The van der Waals surface area contributed by atoms with E-state index in [0.29, 0.717) is 5.29 Å². The minimum Gasteiger partial charge on any atom is -0.463 e. The first-order valence-corrected chi connectivity index (χ1v) is 7.73. The molecule has 3 aromatic rings. The van der Waals surface area contributed by atoms with Crippen LogP contribution in [0.2, 0.25) is 0 Å². The fourth-order valence-electron chi connectivity index (χ4n) is 2.37. The Balaban J connectivity index is 1.77. The van der Waals surface area contributed by atoms with Crippen molar-refractivity contribution in [1.29, 1.82) is 0 Å². The van der Waals surface area contributed by atoms with Crippen molar-refractivity contribution < 1.29 is 4.42 Å². The maximum absolute atomic E-state index is 6.13. The van der Waals surface area contributed by atoms with Crippen molar-refractivity contribution in [2.24, 2.45) is 4.99 Å². The lowest BCUT2D eigenvalue weighted by Crippen LogP contribution is -2.21. The molecule has 3 heterocycles. The highest BCUT2D eigenvalue weighted by Gasteiger charge is 2.19. The summed E-state index contributed by atoms with van der Waals surface area (Å²) in [5, 5.41) is 4.65. The topological polar surface area (TPSA) is 37.5 Å². The van der Waals surface area contributed by atoms with E-state index in [2.05, 4.69) is 28.5 Å². The Morgan fingerprint density at radius 1 is 1.19 bits per heavy atom. The molecule has 1 atom stereocenters. The van der Waals surface area contributed by atoms with Gasteiger partial charge in [-0.2, -0.15) is 0 Å². The number of furan rings is 1. The molecular formula is C16H11ClN2OS. The minimum absolute atomic E-state index is 0.0868. The smallest absolute Gasteiger partial charge is 0.196 e. The van der Waals surface area contributed by atoms with E-state index in [0.717, 1.165) is 11.5 Å². The SMILES string of the molecule is ClC1=NC(c2cc3ccccc3s2)C=C(c2ccco2)N1. The maximum Gasteiger partial charge on any atom is 0.196 e. The average Bonchev–Trinajstić information content (AvgIpc) is 3.16. The zero-order chi connectivity index (χ0) is 14.2. The van der Waals surface area contributed by atoms with E-state index in [1.807, 2.05) is 30.3 Å². The monoisotopic (exact) mass is 314 g/mol. The van der Waals surface area contributed by atoms with Crippen LogP contribution in [0.5, 0.6) is 0 Å². The highest BCUT2D eigenvalue weighted by Crippen LogP contribution is 2.35. The van der Waals surface area contributed by atoms with Crippen LogP contribution in [0, 0.1) is 0 Å². The molecule has 0 aliphatic carbocycles. The Morgan fingerprint density at radius 3 is 2.90 bits per heavy atom. The Morgan fingerprint density at radius 2 is 2.10 bits per heavy atom. The van der Waals surface area contributed by atoms with E-state index < -0.39 is 0 Å². The Labute approximate surface area is 130 Å². The van der Waals surface area contributed by atoms with Crippen LogP contribution in [-0.4, -0.2) is 5.29 Å². The first-order chi connectivity index (χ1) is 10.3. The van der Waals surface area contributed by atoms with E-state index in [4.69, 9.17) is 16.0 Å². The van der Waals surface area contributed by atoms with Crippen LogP contribution in [0.3, 0.4) is 0 Å². The van der Waals surface area contributed by atoms with Crippen molar-refractivity contribution in [3.63, 3.8) is 0 Å². The minimum atomic E-state index is -0.0868. The lowest BCUT2D eigenvalue weighted by atomic mass is 10.1. The van der Waals surface area contributed by atoms with Crippen molar-refractivity contribution in [3.8, 4) is 0 Å². The van der Waals surface area contributed by atoms with Gasteiger partial charge in [-0.15, -0.1) is 11.3 Å². The summed E-state index contributed by atoms with van der Waals surface area (Å²) in [6.07, 6.45) is 3.68. The number of nitrogens with one attached hydrogen (secondary N) is 1. The van der Waals surface area contributed by atoms with Crippen LogP contribution in [-0.2, 0) is 0 Å². The second-order valence-corrected chi connectivity index (χ2v) is 6.21. The van der Waals surface area contributed by atoms with Gasteiger partial charge in [0, 0.05) is 9.58 Å². The van der Waals surface area contributed by atoms with Crippen LogP contribution < -0.4 is 5.32 Å². The van der Waals surface area contributed by atoms with Gasteiger partial charge in [-0.25, -0.2) is 4.99 Å². The van der Waals surface area contributed by atoms with Crippen molar-refractivity contribution in [3.05, 3.63) is 65.4 Å². The van der Waals surface area contributed by atoms with Gasteiger partial charge in [-0.05, 0) is 47.3 Å². The molecule has 1 unspecified atom stereocenters. The van der Waals surface area contributed by atoms with Gasteiger partial charge in [0.25, 0.3) is 0 Å². The van der Waals surface area contributed by atoms with E-state index in [-0.39, 0.29) is 6.04 Å². The summed E-state index contributed by atoms with van der Waals surface area (Å²) < 4.78 is 6.68. The van der Waals surface area contributed by atoms with Gasteiger partial charge in [0.2, 0.25) is 0 Å². The first-order valence-electron chi connectivity index (χ1n) is 6.54. The number of aliphatic imine (C=N–C) groups is 1. The number of halogens is 1. The van der Waals surface area contributed by atoms with Gasteiger partial charge in [-0.3, -0.25) is 0 Å². The van der Waals surface area contributed by atoms with Crippen LogP contribution >= 0.6 is 22.9 Å². The molecule has 1 aliphatic heterocycles. The average molecular weight is 315 g/mol. The first kappa shape index (κ1) is 12.7. The summed E-state index contributed by atoms with van der Waals surface area (Å²) in [6, 6.07) is 14.2. The molecule has 1 aromatic carbocycles. The zero-order valence-electron chi connectivity index (χ0n) is 10.9. The molecule has 104 valence electrons. The molecule has 0 bridgehead atoms. The molecule has 0 saturated carbocycles. The number of amidine groups is 1. The standard InChI is InChI=1S/C16H11ClN2OS/c17-16-18-11(13-5-3-7-20-13)9-12(19-16)15-8-10-4-1-2-6-14(10)21-15/h1-9,12H,(H,18,19). The third-order valence-electron chi connectivity index (χ3n) is 3.34. The second kappa shape index (κ2) is 5.06. The number of thiophene rings is 1. The third-order valence-corrected chi connectivity index (χ3v) is 4.72. The molecule has 0 saturated heterocycles. The lowest BCUT2D eigenvalue weighted by molar-refractivity contribution is 0.549. The van der Waals surface area contributed by atoms with E-state index >= 15 is 0 Å². The molecule has 0 amide bonds. The molecule has 1 N–H and O–H groups in total. The number of benzene rings is 1. The molecule has 2 aromatic heterocycles. The second-order valence-electron chi connectivity index (χ2n) is 4.73. The van der Waals surface area contributed by atoms with Crippen LogP contribution in [0.1, 0.15) is 16.7 Å². The molecule has 0 radical (unpaired) electrons.